The van der Waals surface area contributed by atoms with Crippen LogP contribution in [0.5, 0.6) is 5.75 Å². The third-order valence-corrected chi connectivity index (χ3v) is 6.41. The maximum absolute atomic E-state index is 14.0. The minimum Gasteiger partial charge on any atom is -0.406 e. The molecule has 6 N–H and O–H groups in total. The molecule has 1 unspecified atom stereocenters. The third kappa shape index (κ3) is 14.1. The fourth-order valence-electron chi connectivity index (χ4n) is 4.01. The zero-order valence-electron chi connectivity index (χ0n) is 24.4. The number of nitrogens with two attached hydrogens (primary N) is 2. The second-order valence-corrected chi connectivity index (χ2v) is 9.54. The van der Waals surface area contributed by atoms with Crippen molar-refractivity contribution in [3.05, 3.63) is 77.9 Å². The lowest BCUT2D eigenvalue weighted by atomic mass is 9.87. The number of allylic oxidation sites excluding steroid dienone is 4. The molecule has 1 amide bonds. The summed E-state index contributed by atoms with van der Waals surface area (Å²) in [6, 6.07) is 5.60. The first-order valence-electron chi connectivity index (χ1n) is 13.7. The minimum absolute atomic E-state index is 0.0698. The molecule has 0 aliphatic heterocycles. The van der Waals surface area contributed by atoms with Gasteiger partial charge in [-0.2, -0.15) is 0 Å². The van der Waals surface area contributed by atoms with Gasteiger partial charge >= 0.3 is 6.36 Å². The molecule has 0 saturated carbocycles. The van der Waals surface area contributed by atoms with Crippen LogP contribution in [-0.2, 0) is 11.3 Å². The highest BCUT2D eigenvalue weighted by Gasteiger charge is 2.31. The number of nitrogens with one attached hydrogen (secondary N) is 2. The van der Waals surface area contributed by atoms with Gasteiger partial charge in [0.1, 0.15) is 5.75 Å². The molecule has 8 nitrogen and oxygen atoms in total. The summed E-state index contributed by atoms with van der Waals surface area (Å²) in [5, 5.41) is 0. The number of hydrogen-bond acceptors (Lipinski definition) is 5. The predicted molar refractivity (Wildman–Crippen MR) is 159 cm³/mol. The van der Waals surface area contributed by atoms with Gasteiger partial charge in [-0.1, -0.05) is 74.1 Å². The number of rotatable bonds is 17. The van der Waals surface area contributed by atoms with E-state index < -0.39 is 12.3 Å². The molecule has 11 heteroatoms. The molecule has 0 fully saturated rings. The highest BCUT2D eigenvalue weighted by Crippen LogP contribution is 2.29. The molecule has 0 aromatic heterocycles. The Kier molecular flexibility index (Phi) is 16.2. The molecule has 0 saturated heterocycles. The van der Waals surface area contributed by atoms with E-state index >= 15 is 0 Å². The quantitative estimate of drug-likeness (QED) is 0.0353. The summed E-state index contributed by atoms with van der Waals surface area (Å²) in [5.41, 5.74) is 8.31. The van der Waals surface area contributed by atoms with E-state index in [-0.39, 0.29) is 24.2 Å². The highest BCUT2D eigenvalue weighted by atomic mass is 19.4. The van der Waals surface area contributed by atoms with Crippen LogP contribution in [0.2, 0.25) is 0 Å². The fraction of sp³-hybridized carbons (Fsp3) is 0.467. The first-order valence-corrected chi connectivity index (χ1v) is 13.7. The number of hydrogen-bond donors (Lipinski definition) is 4. The van der Waals surface area contributed by atoms with Crippen molar-refractivity contribution < 1.29 is 22.7 Å². The van der Waals surface area contributed by atoms with Crippen LogP contribution in [0.4, 0.5) is 13.2 Å². The Morgan fingerprint density at radius 3 is 2.34 bits per heavy atom. The molecule has 228 valence electrons. The number of carbonyl (C=O) groups is 1. The van der Waals surface area contributed by atoms with Crippen molar-refractivity contribution in [2.24, 2.45) is 22.6 Å². The van der Waals surface area contributed by atoms with Crippen molar-refractivity contribution in [2.45, 2.75) is 72.2 Å². The van der Waals surface area contributed by atoms with Crippen LogP contribution in [-0.4, -0.2) is 36.2 Å². The number of carbonyl (C=O) groups excluding carboxylic acids is 1. The van der Waals surface area contributed by atoms with Gasteiger partial charge in [-0.25, -0.2) is 11.7 Å². The van der Waals surface area contributed by atoms with Crippen LogP contribution in [0, 0.1) is 5.92 Å². The van der Waals surface area contributed by atoms with E-state index in [0.717, 1.165) is 36.0 Å². The molecule has 0 aliphatic carbocycles. The van der Waals surface area contributed by atoms with E-state index in [1.165, 1.54) is 12.1 Å². The number of benzene rings is 1. The van der Waals surface area contributed by atoms with Crippen LogP contribution in [0.15, 0.2) is 77.4 Å². The van der Waals surface area contributed by atoms with Gasteiger partial charge in [0.2, 0.25) is 11.9 Å². The maximum atomic E-state index is 14.0. The van der Waals surface area contributed by atoms with Crippen molar-refractivity contribution in [3.63, 3.8) is 0 Å². The molecule has 0 bridgehead atoms. The number of amides is 1. The van der Waals surface area contributed by atoms with Gasteiger partial charge in [0.05, 0.1) is 5.92 Å². The van der Waals surface area contributed by atoms with E-state index in [1.807, 2.05) is 39.0 Å². The second-order valence-electron chi connectivity index (χ2n) is 9.54. The van der Waals surface area contributed by atoms with Gasteiger partial charge in [-0.3, -0.25) is 20.6 Å². The van der Waals surface area contributed by atoms with Gasteiger partial charge in [0, 0.05) is 19.6 Å². The number of hydrazine groups is 2. The number of nitrogens with zero attached hydrogens (tertiary/aromatic N) is 2. The van der Waals surface area contributed by atoms with E-state index in [4.69, 9.17) is 11.7 Å². The lowest BCUT2D eigenvalue weighted by Crippen LogP contribution is -2.45. The van der Waals surface area contributed by atoms with Crippen molar-refractivity contribution >= 4 is 11.9 Å². The Bertz CT molecular complexity index is 1060. The highest BCUT2D eigenvalue weighted by molar-refractivity contribution is 5.82. The number of guanidine groups is 1. The normalized spacial score (nSPS) is 12.5. The summed E-state index contributed by atoms with van der Waals surface area (Å²) in [5.74, 6) is 10.0. The number of alkyl halides is 3. The molecular weight excluding hydrogens is 533 g/mol. The number of ether oxygens (including phenoxy) is 1. The Hall–Kier alpha value is -3.57. The van der Waals surface area contributed by atoms with Crippen LogP contribution in [0.3, 0.4) is 0 Å². The van der Waals surface area contributed by atoms with Gasteiger partial charge in [0.25, 0.3) is 0 Å². The average molecular weight is 579 g/mol. The van der Waals surface area contributed by atoms with Gasteiger partial charge in [-0.05, 0) is 63.1 Å². The monoisotopic (exact) mass is 578 g/mol. The average Bonchev–Trinajstić information content (AvgIpc) is 2.94. The molecule has 1 atom stereocenters. The Labute approximate surface area is 242 Å². The lowest BCUT2D eigenvalue weighted by Gasteiger charge is -2.29. The van der Waals surface area contributed by atoms with Crippen LogP contribution in [0.25, 0.3) is 0 Å². The summed E-state index contributed by atoms with van der Waals surface area (Å²) in [6.07, 6.45) is 5.22. The Morgan fingerprint density at radius 1 is 1.15 bits per heavy atom. The van der Waals surface area contributed by atoms with E-state index in [0.29, 0.717) is 37.9 Å². The minimum atomic E-state index is -4.76. The van der Waals surface area contributed by atoms with Crippen LogP contribution in [0.1, 0.15) is 64.9 Å². The molecule has 1 aromatic carbocycles. The molecular formula is C30H45F3N6O2. The summed E-state index contributed by atoms with van der Waals surface area (Å²) < 4.78 is 41.6. The standard InChI is InChI=1S/C30H45F3N6O2/c1-6-19-39(21-25-14-16-26(17-15-25)41-30(31,32)33)28(40)27(23(5)13-12-22(4)7-2)20-24(8-3)11-9-10-18-36-29(37-34)38-35/h8-9,11,14-17,27H,4-7,10,12-13,18-21,34-35H2,1-3H3,(H2,36,37,38)/b11-9-,24-8+. The number of halogens is 3. The predicted octanol–water partition coefficient (Wildman–Crippen LogP) is 5.81. The SMILES string of the molecule is C=C(CC)CCC(=C)C(CC(/C=C\CCN=C(NN)NN)=C/C)C(=O)N(CCC)Cc1ccc(OC(F)(F)F)cc1. The van der Waals surface area contributed by atoms with E-state index in [2.05, 4.69) is 33.7 Å². The molecule has 1 aromatic rings. The smallest absolute Gasteiger partial charge is 0.406 e. The molecule has 1 rings (SSSR count). The molecule has 0 radical (unpaired) electrons. The molecule has 41 heavy (non-hydrogen) atoms. The number of aliphatic imine (C=N–C) groups is 1. The van der Waals surface area contributed by atoms with Crippen molar-refractivity contribution in [3.8, 4) is 5.75 Å². The van der Waals surface area contributed by atoms with Gasteiger partial charge in [-0.15, -0.1) is 13.2 Å². The topological polar surface area (TPSA) is 118 Å². The van der Waals surface area contributed by atoms with E-state index in [1.54, 1.807) is 17.0 Å². The Balaban J connectivity index is 3.13. The summed E-state index contributed by atoms with van der Waals surface area (Å²) in [6.45, 7) is 15.5. The summed E-state index contributed by atoms with van der Waals surface area (Å²) in [4.78, 5) is 19.9. The van der Waals surface area contributed by atoms with Gasteiger partial charge in [0.15, 0.2) is 0 Å². The zero-order valence-corrected chi connectivity index (χ0v) is 24.4. The lowest BCUT2D eigenvalue weighted by molar-refractivity contribution is -0.274. The van der Waals surface area contributed by atoms with Crippen molar-refractivity contribution in [1.82, 2.24) is 15.8 Å². The molecule has 0 spiro atoms. The van der Waals surface area contributed by atoms with Crippen LogP contribution >= 0.6 is 0 Å². The fourth-order valence-corrected chi connectivity index (χ4v) is 4.01. The molecule has 0 aliphatic rings. The molecule has 0 heterocycles. The Morgan fingerprint density at radius 2 is 1.80 bits per heavy atom. The largest absolute Gasteiger partial charge is 0.573 e. The van der Waals surface area contributed by atoms with Gasteiger partial charge < -0.3 is 9.64 Å². The first-order chi connectivity index (χ1) is 19.5. The second kappa shape index (κ2) is 18.7. The van der Waals surface area contributed by atoms with Crippen molar-refractivity contribution in [1.29, 1.82) is 0 Å². The third-order valence-electron chi connectivity index (χ3n) is 6.41. The van der Waals surface area contributed by atoms with Crippen LogP contribution < -0.4 is 27.3 Å². The van der Waals surface area contributed by atoms with Crippen molar-refractivity contribution in [2.75, 3.05) is 13.1 Å². The first kappa shape index (κ1) is 35.5. The summed E-state index contributed by atoms with van der Waals surface area (Å²) >= 11 is 0. The zero-order chi connectivity index (χ0) is 30.8. The van der Waals surface area contributed by atoms with E-state index in [9.17, 15) is 18.0 Å². The maximum Gasteiger partial charge on any atom is 0.573 e. The summed E-state index contributed by atoms with van der Waals surface area (Å²) in [7, 11) is 0.